The van der Waals surface area contributed by atoms with Crippen LogP contribution >= 0.6 is 0 Å². The van der Waals surface area contributed by atoms with E-state index in [4.69, 9.17) is 4.52 Å². The molecule has 144 valence electrons. The van der Waals surface area contributed by atoms with Crippen LogP contribution < -0.4 is 5.32 Å². The molecule has 0 saturated carbocycles. The Balaban J connectivity index is 1.43. The Morgan fingerprint density at radius 3 is 2.46 bits per heavy atom. The number of urea groups is 1. The molecule has 1 aliphatic rings. The van der Waals surface area contributed by atoms with Crippen molar-refractivity contribution in [1.82, 2.24) is 15.0 Å². The normalized spacial score (nSPS) is 16.8. The van der Waals surface area contributed by atoms with Crippen LogP contribution in [-0.2, 0) is 0 Å². The summed E-state index contributed by atoms with van der Waals surface area (Å²) in [4.78, 5) is 18.6. The smallest absolute Gasteiger partial charge is 0.321 e. The number of amides is 2. The molecule has 1 N–H and O–H groups in total. The Bertz CT molecular complexity index is 957. The molecule has 0 radical (unpaired) electrons. The van der Waals surface area contributed by atoms with Gasteiger partial charge in [0.15, 0.2) is 0 Å². The number of benzene rings is 2. The Morgan fingerprint density at radius 1 is 1.07 bits per heavy atom. The molecular formula is C20H18F2N4O2. The second-order valence-corrected chi connectivity index (χ2v) is 6.69. The Morgan fingerprint density at radius 2 is 1.75 bits per heavy atom. The number of anilines is 1. The van der Waals surface area contributed by atoms with Gasteiger partial charge >= 0.3 is 6.03 Å². The van der Waals surface area contributed by atoms with E-state index in [9.17, 15) is 13.6 Å². The van der Waals surface area contributed by atoms with Crippen LogP contribution in [0.5, 0.6) is 0 Å². The second-order valence-electron chi connectivity index (χ2n) is 6.69. The third-order valence-electron chi connectivity index (χ3n) is 4.70. The van der Waals surface area contributed by atoms with Crippen LogP contribution in [0.3, 0.4) is 0 Å². The zero-order valence-corrected chi connectivity index (χ0v) is 14.9. The van der Waals surface area contributed by atoms with Gasteiger partial charge in [-0.3, -0.25) is 0 Å². The number of hydrogen-bond donors (Lipinski definition) is 1. The Hall–Kier alpha value is -3.29. The highest BCUT2D eigenvalue weighted by atomic mass is 19.1. The lowest BCUT2D eigenvalue weighted by Crippen LogP contribution is -2.41. The fourth-order valence-corrected chi connectivity index (χ4v) is 3.22. The third kappa shape index (κ3) is 4.00. The molecular weight excluding hydrogens is 366 g/mol. The van der Waals surface area contributed by atoms with E-state index in [2.05, 4.69) is 15.5 Å². The third-order valence-corrected chi connectivity index (χ3v) is 4.70. The van der Waals surface area contributed by atoms with Gasteiger partial charge in [0.1, 0.15) is 11.6 Å². The van der Waals surface area contributed by atoms with E-state index in [0.29, 0.717) is 36.1 Å². The predicted molar refractivity (Wildman–Crippen MR) is 98.7 cm³/mol. The number of nitrogens with one attached hydrogen (secondary N) is 1. The summed E-state index contributed by atoms with van der Waals surface area (Å²) >= 11 is 0. The number of carbonyl (C=O) groups is 1. The number of nitrogens with zero attached hydrogens (tertiary/aromatic N) is 3. The van der Waals surface area contributed by atoms with E-state index in [1.807, 2.05) is 0 Å². The first-order valence-electron chi connectivity index (χ1n) is 8.99. The summed E-state index contributed by atoms with van der Waals surface area (Å²) in [7, 11) is 0. The summed E-state index contributed by atoms with van der Waals surface area (Å²) in [5.74, 6) is 0.0860. The average Bonchev–Trinajstić information content (AvgIpc) is 3.21. The maximum Gasteiger partial charge on any atom is 0.321 e. The van der Waals surface area contributed by atoms with E-state index in [-0.39, 0.29) is 23.6 Å². The predicted octanol–water partition coefficient (Wildman–Crippen LogP) is 4.43. The number of aromatic nitrogens is 2. The molecule has 2 aromatic carbocycles. The molecule has 2 heterocycles. The molecule has 28 heavy (non-hydrogen) atoms. The Kier molecular flexibility index (Phi) is 5.01. The number of likely N-dealkylation sites (tertiary alicyclic amines) is 1. The highest BCUT2D eigenvalue weighted by molar-refractivity contribution is 5.89. The van der Waals surface area contributed by atoms with Crippen LogP contribution in [0.4, 0.5) is 19.3 Å². The van der Waals surface area contributed by atoms with E-state index in [1.165, 1.54) is 36.4 Å². The van der Waals surface area contributed by atoms with E-state index < -0.39 is 0 Å². The fourth-order valence-electron chi connectivity index (χ4n) is 3.22. The molecule has 1 atom stereocenters. The number of hydrogen-bond acceptors (Lipinski definition) is 4. The number of rotatable bonds is 3. The van der Waals surface area contributed by atoms with Gasteiger partial charge < -0.3 is 14.7 Å². The van der Waals surface area contributed by atoms with Crippen LogP contribution in [0, 0.1) is 11.6 Å². The van der Waals surface area contributed by atoms with Crippen LogP contribution in [0.2, 0.25) is 0 Å². The highest BCUT2D eigenvalue weighted by Gasteiger charge is 2.28. The van der Waals surface area contributed by atoms with Crippen LogP contribution in [-0.4, -0.2) is 34.2 Å². The van der Waals surface area contributed by atoms with Crippen molar-refractivity contribution in [2.75, 3.05) is 18.4 Å². The lowest BCUT2D eigenvalue weighted by atomic mass is 9.98. The molecule has 0 aliphatic carbocycles. The van der Waals surface area contributed by atoms with Gasteiger partial charge in [-0.2, -0.15) is 4.98 Å². The van der Waals surface area contributed by atoms with Gasteiger partial charge in [0.2, 0.25) is 11.7 Å². The standard InChI is InChI=1S/C20H18F2N4O2/c21-15-5-3-13(4-6-15)18-24-19(28-25-18)14-2-1-11-26(12-14)20(27)23-17-9-7-16(22)8-10-17/h3-10,14H,1-2,11-12H2,(H,23,27)/t14-/m0/s1. The minimum absolute atomic E-state index is 0.0746. The molecule has 1 saturated heterocycles. The largest absolute Gasteiger partial charge is 0.339 e. The van der Waals surface area contributed by atoms with Crippen molar-refractivity contribution in [2.24, 2.45) is 0 Å². The van der Waals surface area contributed by atoms with Gasteiger partial charge in [0, 0.05) is 24.3 Å². The summed E-state index contributed by atoms with van der Waals surface area (Å²) in [6, 6.07) is 11.2. The number of halogens is 2. The van der Waals surface area contributed by atoms with Crippen molar-refractivity contribution in [3.8, 4) is 11.4 Å². The number of carbonyl (C=O) groups excluding carboxylic acids is 1. The molecule has 1 fully saturated rings. The van der Waals surface area contributed by atoms with Gasteiger partial charge in [-0.15, -0.1) is 0 Å². The van der Waals surface area contributed by atoms with Crippen molar-refractivity contribution >= 4 is 11.7 Å². The van der Waals surface area contributed by atoms with Crippen molar-refractivity contribution in [1.29, 1.82) is 0 Å². The summed E-state index contributed by atoms with van der Waals surface area (Å²) in [5, 5.41) is 6.74. The molecule has 2 amide bonds. The van der Waals surface area contributed by atoms with E-state index in [1.54, 1.807) is 17.0 Å². The topological polar surface area (TPSA) is 71.3 Å². The second kappa shape index (κ2) is 7.75. The van der Waals surface area contributed by atoms with Gasteiger partial charge in [0.25, 0.3) is 0 Å². The summed E-state index contributed by atoms with van der Waals surface area (Å²) < 4.78 is 31.5. The quantitative estimate of drug-likeness (QED) is 0.725. The van der Waals surface area contributed by atoms with E-state index in [0.717, 1.165) is 12.8 Å². The zero-order valence-electron chi connectivity index (χ0n) is 14.9. The van der Waals surface area contributed by atoms with Crippen LogP contribution in [0.15, 0.2) is 53.1 Å². The van der Waals surface area contributed by atoms with Crippen LogP contribution in [0.1, 0.15) is 24.7 Å². The van der Waals surface area contributed by atoms with Crippen molar-refractivity contribution < 1.29 is 18.1 Å². The average molecular weight is 384 g/mol. The monoisotopic (exact) mass is 384 g/mol. The molecule has 6 nitrogen and oxygen atoms in total. The van der Waals surface area contributed by atoms with Gasteiger partial charge in [-0.1, -0.05) is 5.16 Å². The molecule has 4 rings (SSSR count). The highest BCUT2D eigenvalue weighted by Crippen LogP contribution is 2.28. The fraction of sp³-hybridized carbons (Fsp3) is 0.250. The minimum atomic E-state index is -0.357. The summed E-state index contributed by atoms with van der Waals surface area (Å²) in [6.07, 6.45) is 1.63. The van der Waals surface area contributed by atoms with Crippen molar-refractivity contribution in [3.05, 3.63) is 66.1 Å². The molecule has 3 aromatic rings. The first-order chi connectivity index (χ1) is 13.6. The SMILES string of the molecule is O=C(Nc1ccc(F)cc1)N1CCC[C@H](c2nc(-c3ccc(F)cc3)no2)C1. The van der Waals surface area contributed by atoms with Crippen molar-refractivity contribution in [2.45, 2.75) is 18.8 Å². The van der Waals surface area contributed by atoms with Gasteiger partial charge in [-0.05, 0) is 61.4 Å². The lowest BCUT2D eigenvalue weighted by molar-refractivity contribution is 0.184. The van der Waals surface area contributed by atoms with Crippen molar-refractivity contribution in [3.63, 3.8) is 0 Å². The molecule has 0 unspecified atom stereocenters. The lowest BCUT2D eigenvalue weighted by Gasteiger charge is -2.31. The van der Waals surface area contributed by atoms with E-state index >= 15 is 0 Å². The van der Waals surface area contributed by atoms with Gasteiger partial charge in [-0.25, -0.2) is 13.6 Å². The Labute approximate surface area is 160 Å². The molecule has 0 spiro atoms. The first-order valence-corrected chi connectivity index (χ1v) is 8.99. The van der Waals surface area contributed by atoms with Gasteiger partial charge in [0.05, 0.1) is 5.92 Å². The maximum atomic E-state index is 13.1. The summed E-state index contributed by atoms with van der Waals surface area (Å²) in [5.41, 5.74) is 1.20. The number of piperidine rings is 1. The molecule has 8 heteroatoms. The minimum Gasteiger partial charge on any atom is -0.339 e. The molecule has 1 aromatic heterocycles. The molecule has 0 bridgehead atoms. The first kappa shape index (κ1) is 18.1. The zero-order chi connectivity index (χ0) is 19.5. The maximum absolute atomic E-state index is 13.1. The molecule has 1 aliphatic heterocycles. The summed E-state index contributed by atoms with van der Waals surface area (Å²) in [6.45, 7) is 1.06. The van der Waals surface area contributed by atoms with Crippen LogP contribution in [0.25, 0.3) is 11.4 Å².